The first-order chi connectivity index (χ1) is 8.68. The molecule has 0 aliphatic heterocycles. The van der Waals surface area contributed by atoms with Gasteiger partial charge in [0.1, 0.15) is 12.2 Å². The zero-order valence-corrected chi connectivity index (χ0v) is 10.8. The summed E-state index contributed by atoms with van der Waals surface area (Å²) in [7, 11) is 0. The number of nitrogens with zero attached hydrogens (tertiary/aromatic N) is 4. The quantitative estimate of drug-likeness (QED) is 0.873. The molecule has 0 aromatic carbocycles. The monoisotopic (exact) mass is 245 g/mol. The van der Waals surface area contributed by atoms with Crippen molar-refractivity contribution in [1.29, 1.82) is 0 Å². The molecule has 0 spiro atoms. The van der Waals surface area contributed by atoms with E-state index in [1.165, 1.54) is 0 Å². The van der Waals surface area contributed by atoms with Crippen LogP contribution >= 0.6 is 0 Å². The van der Waals surface area contributed by atoms with E-state index in [9.17, 15) is 0 Å². The molecule has 5 nitrogen and oxygen atoms in total. The van der Waals surface area contributed by atoms with Crippen LogP contribution in [0.3, 0.4) is 0 Å². The Morgan fingerprint density at radius 3 is 2.78 bits per heavy atom. The van der Waals surface area contributed by atoms with Crippen molar-refractivity contribution in [2.75, 3.05) is 0 Å². The maximum atomic E-state index is 6.17. The van der Waals surface area contributed by atoms with Gasteiger partial charge in [-0.2, -0.15) is 5.10 Å². The van der Waals surface area contributed by atoms with Crippen molar-refractivity contribution in [3.05, 3.63) is 42.2 Å². The van der Waals surface area contributed by atoms with Crippen molar-refractivity contribution >= 4 is 0 Å². The summed E-state index contributed by atoms with van der Waals surface area (Å²) in [5, 5.41) is 4.20. The molecule has 1 unspecified atom stereocenters. The zero-order valence-electron chi connectivity index (χ0n) is 10.8. The van der Waals surface area contributed by atoms with Gasteiger partial charge in [0.25, 0.3) is 0 Å². The summed E-state index contributed by atoms with van der Waals surface area (Å²) in [6, 6.07) is 6.10. The number of pyridine rings is 1. The molecular formula is C13H19N5. The van der Waals surface area contributed by atoms with Crippen LogP contribution in [0.15, 0.2) is 30.7 Å². The number of rotatable bonds is 5. The molecule has 0 saturated carbocycles. The fraction of sp³-hybridized carbons (Fsp3) is 0.462. The summed E-state index contributed by atoms with van der Waals surface area (Å²) < 4.78 is 1.88. The van der Waals surface area contributed by atoms with Crippen LogP contribution in [0.25, 0.3) is 0 Å². The summed E-state index contributed by atoms with van der Waals surface area (Å²) in [4.78, 5) is 8.55. The minimum absolute atomic E-state index is 0.100. The van der Waals surface area contributed by atoms with Crippen LogP contribution in [0.2, 0.25) is 0 Å². The van der Waals surface area contributed by atoms with Crippen molar-refractivity contribution < 1.29 is 0 Å². The van der Waals surface area contributed by atoms with E-state index in [-0.39, 0.29) is 12.1 Å². The van der Waals surface area contributed by atoms with Crippen molar-refractivity contribution in [2.45, 2.75) is 38.8 Å². The summed E-state index contributed by atoms with van der Waals surface area (Å²) in [6.45, 7) is 4.15. The van der Waals surface area contributed by atoms with Crippen LogP contribution in [0, 0.1) is 0 Å². The van der Waals surface area contributed by atoms with Gasteiger partial charge in [0.2, 0.25) is 0 Å². The van der Waals surface area contributed by atoms with E-state index in [0.29, 0.717) is 0 Å². The van der Waals surface area contributed by atoms with Gasteiger partial charge < -0.3 is 5.73 Å². The van der Waals surface area contributed by atoms with E-state index in [1.54, 1.807) is 12.5 Å². The molecule has 2 aromatic rings. The summed E-state index contributed by atoms with van der Waals surface area (Å²) in [6.07, 6.45) is 5.04. The molecule has 2 rings (SSSR count). The zero-order chi connectivity index (χ0) is 13.0. The van der Waals surface area contributed by atoms with Crippen LogP contribution < -0.4 is 5.73 Å². The first-order valence-electron chi connectivity index (χ1n) is 6.23. The molecule has 0 aliphatic carbocycles. The summed E-state index contributed by atoms with van der Waals surface area (Å²) in [5.74, 6) is 0.848. The van der Waals surface area contributed by atoms with Gasteiger partial charge in [-0.25, -0.2) is 9.67 Å². The van der Waals surface area contributed by atoms with Gasteiger partial charge >= 0.3 is 0 Å². The first kappa shape index (κ1) is 12.7. The molecule has 0 bridgehead atoms. The second-order valence-corrected chi connectivity index (χ2v) is 4.62. The first-order valence-corrected chi connectivity index (χ1v) is 6.23. The minimum atomic E-state index is -0.100. The largest absolute Gasteiger partial charge is 0.321 e. The fourth-order valence-electron chi connectivity index (χ4n) is 1.90. The molecule has 2 heterocycles. The molecule has 0 radical (unpaired) electrons. The normalized spacial score (nSPS) is 12.9. The van der Waals surface area contributed by atoms with Gasteiger partial charge in [0, 0.05) is 17.9 Å². The Hall–Kier alpha value is -1.75. The Kier molecular flexibility index (Phi) is 4.04. The van der Waals surface area contributed by atoms with Gasteiger partial charge in [-0.15, -0.1) is 0 Å². The van der Waals surface area contributed by atoms with Gasteiger partial charge in [0.15, 0.2) is 0 Å². The van der Waals surface area contributed by atoms with Crippen LogP contribution in [-0.2, 0) is 6.42 Å². The molecule has 2 aromatic heterocycles. The standard InChI is InChI=1S/C13H19N5/c1-10(2)18-13(16-9-17-18)12(14)7-6-11-5-3-4-8-15-11/h3-5,8-10,12H,6-7,14H2,1-2H3. The lowest BCUT2D eigenvalue weighted by atomic mass is 10.1. The third-order valence-electron chi connectivity index (χ3n) is 2.86. The molecule has 96 valence electrons. The van der Waals surface area contributed by atoms with Crippen molar-refractivity contribution in [1.82, 2.24) is 19.7 Å². The van der Waals surface area contributed by atoms with Crippen molar-refractivity contribution in [3.8, 4) is 0 Å². The smallest absolute Gasteiger partial charge is 0.144 e. The molecular weight excluding hydrogens is 226 g/mol. The Balaban J connectivity index is 1.99. The topological polar surface area (TPSA) is 69.6 Å². The Morgan fingerprint density at radius 1 is 1.28 bits per heavy atom. The predicted octanol–water partition coefficient (Wildman–Crippen LogP) is 1.89. The van der Waals surface area contributed by atoms with Crippen molar-refractivity contribution in [2.24, 2.45) is 5.73 Å². The van der Waals surface area contributed by atoms with Gasteiger partial charge in [-0.1, -0.05) is 6.07 Å². The number of hydrogen-bond donors (Lipinski definition) is 1. The van der Waals surface area contributed by atoms with Gasteiger partial charge in [-0.05, 0) is 38.8 Å². The van der Waals surface area contributed by atoms with E-state index >= 15 is 0 Å². The summed E-state index contributed by atoms with van der Waals surface area (Å²) >= 11 is 0. The third kappa shape index (κ3) is 2.92. The highest BCUT2D eigenvalue weighted by Gasteiger charge is 2.15. The summed E-state index contributed by atoms with van der Waals surface area (Å²) in [5.41, 5.74) is 7.23. The molecule has 0 fully saturated rings. The molecule has 1 atom stereocenters. The second kappa shape index (κ2) is 5.73. The lowest BCUT2D eigenvalue weighted by molar-refractivity contribution is 0.469. The van der Waals surface area contributed by atoms with Crippen LogP contribution in [-0.4, -0.2) is 19.7 Å². The highest BCUT2D eigenvalue weighted by Crippen LogP contribution is 2.16. The Morgan fingerprint density at radius 2 is 2.11 bits per heavy atom. The number of aromatic nitrogens is 4. The molecule has 18 heavy (non-hydrogen) atoms. The maximum Gasteiger partial charge on any atom is 0.144 e. The van der Waals surface area contributed by atoms with Crippen LogP contribution in [0.1, 0.15) is 43.9 Å². The van der Waals surface area contributed by atoms with E-state index in [2.05, 4.69) is 28.9 Å². The fourth-order valence-corrected chi connectivity index (χ4v) is 1.90. The van der Waals surface area contributed by atoms with Crippen LogP contribution in [0.4, 0.5) is 0 Å². The van der Waals surface area contributed by atoms with E-state index in [0.717, 1.165) is 24.4 Å². The van der Waals surface area contributed by atoms with Gasteiger partial charge in [-0.3, -0.25) is 4.98 Å². The van der Waals surface area contributed by atoms with E-state index < -0.39 is 0 Å². The molecule has 0 aliphatic rings. The van der Waals surface area contributed by atoms with Crippen molar-refractivity contribution in [3.63, 3.8) is 0 Å². The lowest BCUT2D eigenvalue weighted by Gasteiger charge is -2.14. The average molecular weight is 245 g/mol. The Labute approximate surface area is 107 Å². The average Bonchev–Trinajstić information content (AvgIpc) is 2.86. The van der Waals surface area contributed by atoms with E-state index in [1.807, 2.05) is 22.9 Å². The molecule has 0 saturated heterocycles. The SMILES string of the molecule is CC(C)n1ncnc1C(N)CCc1ccccn1. The molecule has 2 N–H and O–H groups in total. The third-order valence-corrected chi connectivity index (χ3v) is 2.86. The Bertz CT molecular complexity index is 477. The lowest BCUT2D eigenvalue weighted by Crippen LogP contribution is -2.19. The number of nitrogens with two attached hydrogens (primary N) is 1. The van der Waals surface area contributed by atoms with E-state index in [4.69, 9.17) is 5.73 Å². The number of aryl methyl sites for hydroxylation is 1. The number of hydrogen-bond acceptors (Lipinski definition) is 4. The van der Waals surface area contributed by atoms with Gasteiger partial charge in [0.05, 0.1) is 6.04 Å². The highest BCUT2D eigenvalue weighted by molar-refractivity contribution is 5.05. The highest BCUT2D eigenvalue weighted by atomic mass is 15.4. The second-order valence-electron chi connectivity index (χ2n) is 4.62. The maximum absolute atomic E-state index is 6.17. The predicted molar refractivity (Wildman–Crippen MR) is 69.9 cm³/mol. The molecule has 5 heteroatoms. The minimum Gasteiger partial charge on any atom is -0.321 e. The van der Waals surface area contributed by atoms with Crippen LogP contribution in [0.5, 0.6) is 0 Å². The molecule has 0 amide bonds.